The average molecular weight is 274 g/mol. The van der Waals surface area contributed by atoms with Crippen LogP contribution in [0.1, 0.15) is 15.9 Å². The van der Waals surface area contributed by atoms with Crippen LogP contribution in [0.2, 0.25) is 0 Å². The van der Waals surface area contributed by atoms with Gasteiger partial charge in [0.1, 0.15) is 11.6 Å². The van der Waals surface area contributed by atoms with Crippen molar-refractivity contribution < 1.29 is 13.6 Å². The van der Waals surface area contributed by atoms with Gasteiger partial charge in [0.25, 0.3) is 5.91 Å². The Labute approximate surface area is 114 Å². The normalized spacial score (nSPS) is 13.8. The number of nitrogens with zero attached hydrogens (tertiary/aromatic N) is 1. The molecule has 0 atom stereocenters. The molecule has 20 heavy (non-hydrogen) atoms. The van der Waals surface area contributed by atoms with Gasteiger partial charge in [-0.1, -0.05) is 12.1 Å². The van der Waals surface area contributed by atoms with E-state index in [9.17, 15) is 13.6 Å². The molecule has 0 fully saturated rings. The number of fused-ring (bicyclic) bond motifs is 1. The van der Waals surface area contributed by atoms with Gasteiger partial charge in [-0.2, -0.15) is 0 Å². The number of nitrogen functional groups attached to an aromatic ring is 1. The van der Waals surface area contributed by atoms with E-state index in [1.54, 1.807) is 24.1 Å². The fourth-order valence-corrected chi connectivity index (χ4v) is 2.47. The second kappa shape index (κ2) is 4.30. The number of hydrogen-bond acceptors (Lipinski definition) is 2. The zero-order valence-electron chi connectivity index (χ0n) is 10.8. The van der Waals surface area contributed by atoms with Gasteiger partial charge in [-0.05, 0) is 29.3 Å². The van der Waals surface area contributed by atoms with Crippen LogP contribution < -0.4 is 5.73 Å². The molecular formula is C15H12F2N2O. The van der Waals surface area contributed by atoms with Crippen molar-refractivity contribution in [1.82, 2.24) is 4.90 Å². The third-order valence-corrected chi connectivity index (χ3v) is 3.45. The lowest BCUT2D eigenvalue weighted by Crippen LogP contribution is -2.17. The molecule has 2 aromatic rings. The molecule has 0 radical (unpaired) electrons. The highest BCUT2D eigenvalue weighted by molar-refractivity contribution is 5.99. The van der Waals surface area contributed by atoms with Gasteiger partial charge in [0, 0.05) is 24.8 Å². The van der Waals surface area contributed by atoms with Crippen LogP contribution in [0.4, 0.5) is 14.5 Å². The number of rotatable bonds is 1. The molecule has 2 N–H and O–H groups in total. The first kappa shape index (κ1) is 12.6. The quantitative estimate of drug-likeness (QED) is 0.813. The highest BCUT2D eigenvalue weighted by atomic mass is 19.1. The van der Waals surface area contributed by atoms with E-state index in [-0.39, 0.29) is 17.2 Å². The summed E-state index contributed by atoms with van der Waals surface area (Å²) in [6.45, 7) is 0.515. The Morgan fingerprint density at radius 1 is 1.15 bits per heavy atom. The van der Waals surface area contributed by atoms with Crippen molar-refractivity contribution in [1.29, 1.82) is 0 Å². The Bertz CT molecular complexity index is 705. The molecule has 0 saturated carbocycles. The van der Waals surface area contributed by atoms with Crippen LogP contribution in [-0.4, -0.2) is 17.9 Å². The predicted octanol–water partition coefficient (Wildman–Crippen LogP) is 2.80. The maximum absolute atomic E-state index is 13.9. The highest BCUT2D eigenvalue weighted by Gasteiger charge is 2.25. The minimum atomic E-state index is -0.735. The second-order valence-electron chi connectivity index (χ2n) is 4.89. The largest absolute Gasteiger partial charge is 0.399 e. The van der Waals surface area contributed by atoms with Crippen LogP contribution in [0.15, 0.2) is 30.3 Å². The number of carbonyl (C=O) groups is 1. The molecule has 0 saturated heterocycles. The SMILES string of the molecule is CN1Cc2ccc(-c3c(F)cc(N)cc3F)cc2C1=O. The molecule has 5 heteroatoms. The summed E-state index contributed by atoms with van der Waals surface area (Å²) in [7, 11) is 1.69. The molecule has 3 rings (SSSR count). The van der Waals surface area contributed by atoms with E-state index in [1.165, 1.54) is 6.07 Å². The summed E-state index contributed by atoms with van der Waals surface area (Å²) in [6, 6.07) is 7.00. The number of amides is 1. The van der Waals surface area contributed by atoms with Crippen molar-refractivity contribution in [2.75, 3.05) is 12.8 Å². The van der Waals surface area contributed by atoms with E-state index in [0.29, 0.717) is 17.7 Å². The van der Waals surface area contributed by atoms with Gasteiger partial charge in [-0.15, -0.1) is 0 Å². The molecule has 2 aromatic carbocycles. The molecule has 0 spiro atoms. The van der Waals surface area contributed by atoms with Crippen LogP contribution in [0, 0.1) is 11.6 Å². The molecule has 0 unspecified atom stereocenters. The molecule has 1 heterocycles. The zero-order chi connectivity index (χ0) is 14.4. The Morgan fingerprint density at radius 3 is 2.45 bits per heavy atom. The van der Waals surface area contributed by atoms with Crippen LogP contribution in [-0.2, 0) is 6.54 Å². The minimum absolute atomic E-state index is 0.0284. The Kier molecular flexibility index (Phi) is 2.71. The number of hydrogen-bond donors (Lipinski definition) is 1. The number of anilines is 1. The van der Waals surface area contributed by atoms with Gasteiger partial charge in [0.15, 0.2) is 0 Å². The summed E-state index contributed by atoms with van der Waals surface area (Å²) in [6.07, 6.45) is 0. The van der Waals surface area contributed by atoms with Crippen LogP contribution >= 0.6 is 0 Å². The fraction of sp³-hybridized carbons (Fsp3) is 0.133. The second-order valence-corrected chi connectivity index (χ2v) is 4.89. The van der Waals surface area contributed by atoms with E-state index < -0.39 is 11.6 Å². The summed E-state index contributed by atoms with van der Waals surface area (Å²) in [4.78, 5) is 13.5. The van der Waals surface area contributed by atoms with Gasteiger partial charge >= 0.3 is 0 Å². The number of carbonyl (C=O) groups excluding carboxylic acids is 1. The predicted molar refractivity (Wildman–Crippen MR) is 72.0 cm³/mol. The van der Waals surface area contributed by atoms with Crippen LogP contribution in [0.25, 0.3) is 11.1 Å². The first-order valence-corrected chi connectivity index (χ1v) is 6.10. The third-order valence-electron chi connectivity index (χ3n) is 3.45. The molecule has 1 aliphatic rings. The summed E-state index contributed by atoms with van der Waals surface area (Å²) < 4.78 is 27.8. The van der Waals surface area contributed by atoms with Crippen molar-refractivity contribution in [3.8, 4) is 11.1 Å². The number of benzene rings is 2. The van der Waals surface area contributed by atoms with Crippen molar-refractivity contribution in [2.45, 2.75) is 6.54 Å². The van der Waals surface area contributed by atoms with Crippen molar-refractivity contribution in [2.24, 2.45) is 0 Å². The van der Waals surface area contributed by atoms with E-state index in [2.05, 4.69) is 0 Å². The summed E-state index contributed by atoms with van der Waals surface area (Å²) >= 11 is 0. The minimum Gasteiger partial charge on any atom is -0.399 e. The molecule has 0 aliphatic carbocycles. The topological polar surface area (TPSA) is 46.3 Å². The Morgan fingerprint density at radius 2 is 1.80 bits per heavy atom. The molecule has 1 amide bonds. The molecule has 3 nitrogen and oxygen atoms in total. The van der Waals surface area contributed by atoms with E-state index in [1.807, 2.05) is 0 Å². The van der Waals surface area contributed by atoms with Crippen LogP contribution in [0.5, 0.6) is 0 Å². The molecular weight excluding hydrogens is 262 g/mol. The molecule has 1 aliphatic heterocycles. The van der Waals surface area contributed by atoms with E-state index >= 15 is 0 Å². The summed E-state index contributed by atoms with van der Waals surface area (Å²) in [5.74, 6) is -1.61. The standard InChI is InChI=1S/C15H12F2N2O/c1-19-7-9-3-2-8(4-11(9)15(19)20)14-12(16)5-10(18)6-13(14)17/h2-6H,7,18H2,1H3. The highest BCUT2D eigenvalue weighted by Crippen LogP contribution is 2.31. The van der Waals surface area contributed by atoms with Crippen molar-refractivity contribution >= 4 is 11.6 Å². The lowest BCUT2D eigenvalue weighted by Gasteiger charge is -2.08. The van der Waals surface area contributed by atoms with Gasteiger partial charge in [0.2, 0.25) is 0 Å². The van der Waals surface area contributed by atoms with Crippen molar-refractivity contribution in [3.05, 3.63) is 53.1 Å². The number of halogens is 2. The van der Waals surface area contributed by atoms with Gasteiger partial charge in [-0.3, -0.25) is 4.79 Å². The summed E-state index contributed by atoms with van der Waals surface area (Å²) in [5, 5.41) is 0. The zero-order valence-corrected chi connectivity index (χ0v) is 10.8. The molecule has 102 valence electrons. The first-order chi connectivity index (χ1) is 9.47. The lowest BCUT2D eigenvalue weighted by atomic mass is 9.99. The monoisotopic (exact) mass is 274 g/mol. The lowest BCUT2D eigenvalue weighted by molar-refractivity contribution is 0.0816. The van der Waals surface area contributed by atoms with Crippen LogP contribution in [0.3, 0.4) is 0 Å². The molecule has 0 aromatic heterocycles. The van der Waals surface area contributed by atoms with Gasteiger partial charge < -0.3 is 10.6 Å². The fourth-order valence-electron chi connectivity index (χ4n) is 2.47. The number of nitrogens with two attached hydrogens (primary N) is 1. The van der Waals surface area contributed by atoms with Gasteiger partial charge in [0.05, 0.1) is 5.56 Å². The first-order valence-electron chi connectivity index (χ1n) is 6.10. The smallest absolute Gasteiger partial charge is 0.254 e. The maximum Gasteiger partial charge on any atom is 0.254 e. The maximum atomic E-state index is 13.9. The molecule has 0 bridgehead atoms. The Balaban J connectivity index is 2.16. The van der Waals surface area contributed by atoms with Crippen molar-refractivity contribution in [3.63, 3.8) is 0 Å². The average Bonchev–Trinajstić information content (AvgIpc) is 2.64. The van der Waals surface area contributed by atoms with E-state index in [0.717, 1.165) is 17.7 Å². The van der Waals surface area contributed by atoms with E-state index in [4.69, 9.17) is 5.73 Å². The van der Waals surface area contributed by atoms with Gasteiger partial charge in [-0.25, -0.2) is 8.78 Å². The third kappa shape index (κ3) is 1.82. The summed E-state index contributed by atoms with van der Waals surface area (Å²) in [5.41, 5.74) is 6.94. The Hall–Kier alpha value is -2.43.